The van der Waals surface area contributed by atoms with Crippen molar-refractivity contribution in [3.05, 3.63) is 65.2 Å². The SMILES string of the molecule is CN=C(NCCc1ccccc1OC)NCC(c1c(F)cccc1F)N(C)C.I. The van der Waals surface area contributed by atoms with Crippen LogP contribution in [0.2, 0.25) is 0 Å². The zero-order valence-corrected chi connectivity index (χ0v) is 19.5. The third-order valence-corrected chi connectivity index (χ3v) is 4.52. The van der Waals surface area contributed by atoms with Gasteiger partial charge in [0.25, 0.3) is 0 Å². The van der Waals surface area contributed by atoms with Crippen LogP contribution in [-0.2, 0) is 6.42 Å². The van der Waals surface area contributed by atoms with Crippen LogP contribution >= 0.6 is 24.0 Å². The Kier molecular flexibility index (Phi) is 10.9. The van der Waals surface area contributed by atoms with Gasteiger partial charge < -0.3 is 20.3 Å². The van der Waals surface area contributed by atoms with Crippen molar-refractivity contribution in [1.82, 2.24) is 15.5 Å². The van der Waals surface area contributed by atoms with Crippen molar-refractivity contribution in [2.45, 2.75) is 12.5 Å². The van der Waals surface area contributed by atoms with E-state index in [-0.39, 0.29) is 29.5 Å². The molecule has 2 rings (SSSR count). The molecule has 0 spiro atoms. The number of ether oxygens (including phenoxy) is 1. The molecule has 0 radical (unpaired) electrons. The van der Waals surface area contributed by atoms with Gasteiger partial charge in [0.1, 0.15) is 17.4 Å². The van der Waals surface area contributed by atoms with Crippen LogP contribution in [0.5, 0.6) is 5.75 Å². The maximum absolute atomic E-state index is 14.2. The highest BCUT2D eigenvalue weighted by Gasteiger charge is 2.22. The van der Waals surface area contributed by atoms with Crippen LogP contribution in [-0.4, -0.2) is 52.2 Å². The van der Waals surface area contributed by atoms with Gasteiger partial charge in [-0.1, -0.05) is 24.3 Å². The molecular weight excluding hydrogens is 489 g/mol. The summed E-state index contributed by atoms with van der Waals surface area (Å²) in [6.45, 7) is 0.944. The van der Waals surface area contributed by atoms with E-state index >= 15 is 0 Å². The average Bonchev–Trinajstić information content (AvgIpc) is 2.68. The van der Waals surface area contributed by atoms with Gasteiger partial charge in [0.2, 0.25) is 0 Å². The highest BCUT2D eigenvalue weighted by atomic mass is 127. The predicted octanol–water partition coefficient (Wildman–Crippen LogP) is 3.60. The van der Waals surface area contributed by atoms with Crippen LogP contribution < -0.4 is 15.4 Å². The Labute approximate surface area is 188 Å². The molecule has 2 aromatic carbocycles. The molecule has 2 N–H and O–H groups in total. The Morgan fingerprint density at radius 2 is 1.72 bits per heavy atom. The number of nitrogens with zero attached hydrogens (tertiary/aromatic N) is 2. The number of aliphatic imine (C=N–C) groups is 1. The van der Waals surface area contributed by atoms with E-state index in [4.69, 9.17) is 4.74 Å². The molecule has 1 unspecified atom stereocenters. The van der Waals surface area contributed by atoms with Crippen LogP contribution in [0.1, 0.15) is 17.2 Å². The van der Waals surface area contributed by atoms with Crippen molar-refractivity contribution < 1.29 is 13.5 Å². The maximum atomic E-state index is 14.2. The summed E-state index contributed by atoms with van der Waals surface area (Å²) in [5, 5.41) is 6.37. The first-order valence-electron chi connectivity index (χ1n) is 9.14. The van der Waals surface area contributed by atoms with Crippen molar-refractivity contribution in [3.63, 3.8) is 0 Å². The van der Waals surface area contributed by atoms with Gasteiger partial charge in [-0.25, -0.2) is 8.78 Å². The third-order valence-electron chi connectivity index (χ3n) is 4.52. The van der Waals surface area contributed by atoms with Crippen molar-refractivity contribution >= 4 is 29.9 Å². The van der Waals surface area contributed by atoms with Gasteiger partial charge in [0.05, 0.1) is 13.2 Å². The molecule has 160 valence electrons. The minimum Gasteiger partial charge on any atom is -0.496 e. The number of hydrogen-bond donors (Lipinski definition) is 2. The van der Waals surface area contributed by atoms with E-state index in [0.29, 0.717) is 19.0 Å². The average molecular weight is 518 g/mol. The fourth-order valence-corrected chi connectivity index (χ4v) is 3.01. The molecule has 1 atom stereocenters. The largest absolute Gasteiger partial charge is 0.496 e. The molecule has 0 fully saturated rings. The molecule has 0 aromatic heterocycles. The van der Waals surface area contributed by atoms with Crippen LogP contribution in [0.15, 0.2) is 47.5 Å². The summed E-state index contributed by atoms with van der Waals surface area (Å²) in [6, 6.07) is 11.3. The molecule has 0 aliphatic heterocycles. The Balaban J connectivity index is 0.00000420. The van der Waals surface area contributed by atoms with E-state index in [9.17, 15) is 8.78 Å². The Bertz CT molecular complexity index is 782. The lowest BCUT2D eigenvalue weighted by molar-refractivity contribution is 0.282. The second-order valence-corrected chi connectivity index (χ2v) is 6.56. The number of likely N-dealkylation sites (N-methyl/N-ethyl adjacent to an activating group) is 1. The first-order valence-corrected chi connectivity index (χ1v) is 9.14. The molecule has 0 aliphatic rings. The first kappa shape index (κ1) is 25.1. The predicted molar refractivity (Wildman–Crippen MR) is 124 cm³/mol. The Morgan fingerprint density at radius 3 is 2.31 bits per heavy atom. The van der Waals surface area contributed by atoms with Gasteiger partial charge in [0.15, 0.2) is 5.96 Å². The number of nitrogens with one attached hydrogen (secondary N) is 2. The summed E-state index contributed by atoms with van der Waals surface area (Å²) >= 11 is 0. The van der Waals surface area contributed by atoms with Crippen molar-refractivity contribution in [2.75, 3.05) is 41.3 Å². The van der Waals surface area contributed by atoms with E-state index < -0.39 is 17.7 Å². The number of hydrogen-bond acceptors (Lipinski definition) is 3. The standard InChI is InChI=1S/C21H28F2N4O.HI/c1-24-21(25-13-12-15-8-5-6-11-19(15)28-4)26-14-18(27(2)3)20-16(22)9-7-10-17(20)23;/h5-11,18H,12-14H2,1-4H3,(H2,24,25,26);1H. The molecule has 8 heteroatoms. The van der Waals surface area contributed by atoms with Gasteiger partial charge >= 0.3 is 0 Å². The summed E-state index contributed by atoms with van der Waals surface area (Å²) in [5.74, 6) is 0.299. The zero-order valence-electron chi connectivity index (χ0n) is 17.2. The van der Waals surface area contributed by atoms with Crippen molar-refractivity contribution in [2.24, 2.45) is 4.99 Å². The lowest BCUT2D eigenvalue weighted by Gasteiger charge is -2.26. The normalized spacial score (nSPS) is 12.3. The van der Waals surface area contributed by atoms with Gasteiger partial charge in [-0.3, -0.25) is 4.99 Å². The summed E-state index contributed by atoms with van der Waals surface area (Å²) in [6.07, 6.45) is 0.754. The number of methoxy groups -OCH3 is 1. The molecule has 0 bridgehead atoms. The van der Waals surface area contributed by atoms with Crippen LogP contribution in [0.4, 0.5) is 8.78 Å². The van der Waals surface area contributed by atoms with Crippen molar-refractivity contribution in [3.8, 4) is 5.75 Å². The van der Waals surface area contributed by atoms with Crippen LogP contribution in [0.25, 0.3) is 0 Å². The lowest BCUT2D eigenvalue weighted by atomic mass is 10.0. The number of halogens is 3. The van der Waals surface area contributed by atoms with Gasteiger partial charge in [-0.15, -0.1) is 24.0 Å². The molecule has 0 heterocycles. The lowest BCUT2D eigenvalue weighted by Crippen LogP contribution is -2.42. The van der Waals surface area contributed by atoms with E-state index in [1.807, 2.05) is 24.3 Å². The smallest absolute Gasteiger partial charge is 0.191 e. The second kappa shape index (κ2) is 12.6. The van der Waals surface area contributed by atoms with E-state index in [1.54, 1.807) is 33.2 Å². The minimum atomic E-state index is -0.556. The summed E-state index contributed by atoms with van der Waals surface area (Å²) < 4.78 is 33.7. The molecule has 5 nitrogen and oxygen atoms in total. The number of para-hydroxylation sites is 1. The molecular formula is C21H29F2IN4O. The highest BCUT2D eigenvalue weighted by Crippen LogP contribution is 2.23. The maximum Gasteiger partial charge on any atom is 0.191 e. The van der Waals surface area contributed by atoms with E-state index in [1.165, 1.54) is 18.2 Å². The number of guanidine groups is 1. The Morgan fingerprint density at radius 1 is 1.07 bits per heavy atom. The fraction of sp³-hybridized carbons (Fsp3) is 0.381. The molecule has 0 saturated carbocycles. The Hall–Kier alpha value is -1.94. The fourth-order valence-electron chi connectivity index (χ4n) is 3.01. The van der Waals surface area contributed by atoms with E-state index in [0.717, 1.165) is 17.7 Å². The van der Waals surface area contributed by atoms with Crippen molar-refractivity contribution in [1.29, 1.82) is 0 Å². The third kappa shape index (κ3) is 7.11. The van der Waals surface area contributed by atoms with Gasteiger partial charge in [0, 0.05) is 25.7 Å². The summed E-state index contributed by atoms with van der Waals surface area (Å²) in [7, 11) is 6.88. The molecule has 2 aromatic rings. The molecule has 0 saturated heterocycles. The topological polar surface area (TPSA) is 48.9 Å². The van der Waals surface area contributed by atoms with Gasteiger partial charge in [-0.2, -0.15) is 0 Å². The summed E-state index contributed by atoms with van der Waals surface area (Å²) in [5.41, 5.74) is 1.14. The monoisotopic (exact) mass is 518 g/mol. The first-order chi connectivity index (χ1) is 13.5. The molecule has 0 amide bonds. The number of rotatable bonds is 8. The quantitative estimate of drug-likeness (QED) is 0.319. The zero-order chi connectivity index (χ0) is 20.5. The van der Waals surface area contributed by atoms with Crippen LogP contribution in [0.3, 0.4) is 0 Å². The van der Waals surface area contributed by atoms with Gasteiger partial charge in [-0.05, 0) is 44.3 Å². The molecule has 0 aliphatic carbocycles. The molecule has 29 heavy (non-hydrogen) atoms. The number of benzene rings is 2. The van der Waals surface area contributed by atoms with Crippen LogP contribution in [0, 0.1) is 11.6 Å². The second-order valence-electron chi connectivity index (χ2n) is 6.56. The summed E-state index contributed by atoms with van der Waals surface area (Å²) in [4.78, 5) is 5.96. The minimum absolute atomic E-state index is 0. The van der Waals surface area contributed by atoms with E-state index in [2.05, 4.69) is 15.6 Å². The highest BCUT2D eigenvalue weighted by molar-refractivity contribution is 14.0.